The van der Waals surface area contributed by atoms with Crippen LogP contribution in [0.2, 0.25) is 0 Å². The predicted molar refractivity (Wildman–Crippen MR) is 59.1 cm³/mol. The van der Waals surface area contributed by atoms with Crippen molar-refractivity contribution in [3.05, 3.63) is 0 Å². The van der Waals surface area contributed by atoms with Crippen molar-refractivity contribution in [2.24, 2.45) is 17.2 Å². The summed E-state index contributed by atoms with van der Waals surface area (Å²) in [4.78, 5) is 39.6. The first-order valence-corrected chi connectivity index (χ1v) is 4.64. The van der Waals surface area contributed by atoms with Crippen LogP contribution in [0.1, 0.15) is 6.42 Å². The zero-order valence-electron chi connectivity index (χ0n) is 9.46. The second-order valence-electron chi connectivity index (χ2n) is 3.08. The molecule has 10 nitrogen and oxygen atoms in total. The highest BCUT2D eigenvalue weighted by Crippen LogP contribution is 1.84. The number of amides is 2. The van der Waals surface area contributed by atoms with Gasteiger partial charge in [0.2, 0.25) is 11.8 Å². The molecule has 1 unspecified atom stereocenters. The lowest BCUT2D eigenvalue weighted by Gasteiger charge is -1.99. The van der Waals surface area contributed by atoms with E-state index >= 15 is 0 Å². The maximum atomic E-state index is 9.99. The van der Waals surface area contributed by atoms with Gasteiger partial charge in [0, 0.05) is 0 Å². The van der Waals surface area contributed by atoms with E-state index in [1.54, 1.807) is 0 Å². The Morgan fingerprint density at radius 2 is 1.50 bits per heavy atom. The Bertz CT molecular complexity index is 305. The fourth-order valence-electron chi connectivity index (χ4n) is 0.597. The molecule has 0 fully saturated rings. The van der Waals surface area contributed by atoms with Crippen molar-refractivity contribution in [2.75, 3.05) is 13.1 Å². The Kier molecular flexibility index (Phi) is 10.1. The highest BCUT2D eigenvalue weighted by atomic mass is 16.4. The number of aliphatic carboxylic acids is 2. The van der Waals surface area contributed by atoms with Gasteiger partial charge in [0.05, 0.1) is 19.5 Å². The number of carbonyl (C=O) groups excluding carboxylic acids is 2. The molecule has 0 aromatic heterocycles. The Hall–Kier alpha value is -2.20. The number of carboxylic acids is 2. The van der Waals surface area contributed by atoms with Crippen LogP contribution in [0.25, 0.3) is 0 Å². The van der Waals surface area contributed by atoms with Crippen LogP contribution in [0, 0.1) is 0 Å². The van der Waals surface area contributed by atoms with Crippen molar-refractivity contribution in [3.63, 3.8) is 0 Å². The Labute approximate surface area is 102 Å². The van der Waals surface area contributed by atoms with Gasteiger partial charge in [-0.15, -0.1) is 0 Å². The number of hydrogen-bond acceptors (Lipinski definition) is 6. The molecule has 0 radical (unpaired) electrons. The first-order valence-electron chi connectivity index (χ1n) is 4.64. The van der Waals surface area contributed by atoms with E-state index in [9.17, 15) is 19.2 Å². The van der Waals surface area contributed by atoms with Crippen LogP contribution in [0.3, 0.4) is 0 Å². The third-order valence-corrected chi connectivity index (χ3v) is 1.31. The van der Waals surface area contributed by atoms with Crippen LogP contribution in [0.15, 0.2) is 0 Å². The van der Waals surface area contributed by atoms with Gasteiger partial charge >= 0.3 is 11.9 Å². The first-order chi connectivity index (χ1) is 8.16. The zero-order valence-corrected chi connectivity index (χ0v) is 9.46. The molecule has 1 atom stereocenters. The van der Waals surface area contributed by atoms with E-state index in [1.807, 2.05) is 0 Å². The van der Waals surface area contributed by atoms with Crippen LogP contribution < -0.4 is 22.5 Å². The van der Waals surface area contributed by atoms with Gasteiger partial charge < -0.3 is 27.4 Å². The SMILES string of the molecule is NC(=O)CC(N)C(=O)O.NC(=O)CNCC(=O)O. The summed E-state index contributed by atoms with van der Waals surface area (Å²) >= 11 is 0. The van der Waals surface area contributed by atoms with Crippen LogP contribution in [-0.4, -0.2) is 53.1 Å². The van der Waals surface area contributed by atoms with Gasteiger partial charge in [0.1, 0.15) is 6.04 Å². The molecule has 18 heavy (non-hydrogen) atoms. The van der Waals surface area contributed by atoms with Gasteiger partial charge in [0.15, 0.2) is 0 Å². The van der Waals surface area contributed by atoms with Crippen molar-refractivity contribution in [2.45, 2.75) is 12.5 Å². The summed E-state index contributed by atoms with van der Waals surface area (Å²) in [5.74, 6) is -3.48. The third kappa shape index (κ3) is 16.2. The lowest BCUT2D eigenvalue weighted by Crippen LogP contribution is -2.34. The monoisotopic (exact) mass is 264 g/mol. The van der Waals surface area contributed by atoms with Gasteiger partial charge in [-0.3, -0.25) is 24.5 Å². The van der Waals surface area contributed by atoms with E-state index in [2.05, 4.69) is 16.8 Å². The number of primary amides is 2. The van der Waals surface area contributed by atoms with E-state index in [0.29, 0.717) is 0 Å². The summed E-state index contributed by atoms with van der Waals surface area (Å²) in [6.07, 6.45) is -0.310. The normalized spacial score (nSPS) is 10.7. The topological polar surface area (TPSA) is 199 Å². The summed E-state index contributed by atoms with van der Waals surface area (Å²) < 4.78 is 0. The predicted octanol–water partition coefficient (Wildman–Crippen LogP) is -3.58. The van der Waals surface area contributed by atoms with Gasteiger partial charge in [-0.05, 0) is 0 Å². The minimum atomic E-state index is -1.21. The molecule has 0 saturated heterocycles. The maximum absolute atomic E-state index is 9.99. The van der Waals surface area contributed by atoms with Gasteiger partial charge in [-0.25, -0.2) is 0 Å². The molecule has 0 aliphatic heterocycles. The second-order valence-corrected chi connectivity index (χ2v) is 3.08. The second kappa shape index (κ2) is 9.99. The number of carbonyl (C=O) groups is 4. The average Bonchev–Trinajstić information content (AvgIpc) is 2.15. The highest BCUT2D eigenvalue weighted by Gasteiger charge is 2.13. The summed E-state index contributed by atoms with van der Waals surface area (Å²) in [6, 6.07) is -1.16. The molecule has 10 heteroatoms. The maximum Gasteiger partial charge on any atom is 0.321 e. The molecule has 0 rings (SSSR count). The summed E-state index contributed by atoms with van der Waals surface area (Å²) in [5, 5.41) is 18.4. The van der Waals surface area contributed by atoms with Crippen LogP contribution in [0.4, 0.5) is 0 Å². The number of carboxylic acid groups (broad SMARTS) is 2. The fraction of sp³-hybridized carbons (Fsp3) is 0.500. The molecule has 2 amide bonds. The molecule has 0 aliphatic rings. The largest absolute Gasteiger partial charge is 0.480 e. The zero-order chi connectivity index (χ0) is 14.7. The van der Waals surface area contributed by atoms with E-state index in [-0.39, 0.29) is 19.5 Å². The molecule has 0 heterocycles. The lowest BCUT2D eigenvalue weighted by molar-refractivity contribution is -0.140. The smallest absolute Gasteiger partial charge is 0.321 e. The number of nitrogens with one attached hydrogen (secondary N) is 1. The standard InChI is InChI=1S/2C4H8N2O3/c5-3(7)1-6-2-4(8)9;5-2(4(8)9)1-3(6)7/h6H,1-2H2,(H2,5,7)(H,8,9);2H,1,5H2,(H2,6,7)(H,8,9). The molecular formula is C8H16N4O6. The van der Waals surface area contributed by atoms with Crippen molar-refractivity contribution >= 4 is 23.8 Å². The first kappa shape index (κ1) is 18.2. The number of rotatable bonds is 7. The van der Waals surface area contributed by atoms with Crippen molar-refractivity contribution in [1.82, 2.24) is 5.32 Å². The van der Waals surface area contributed by atoms with Crippen LogP contribution in [-0.2, 0) is 19.2 Å². The molecule has 104 valence electrons. The Morgan fingerprint density at radius 3 is 1.72 bits per heavy atom. The van der Waals surface area contributed by atoms with Gasteiger partial charge in [0.25, 0.3) is 0 Å². The Morgan fingerprint density at radius 1 is 1.00 bits per heavy atom. The van der Waals surface area contributed by atoms with Crippen molar-refractivity contribution in [3.8, 4) is 0 Å². The lowest BCUT2D eigenvalue weighted by atomic mass is 10.2. The van der Waals surface area contributed by atoms with E-state index in [0.717, 1.165) is 0 Å². The molecule has 9 N–H and O–H groups in total. The van der Waals surface area contributed by atoms with Gasteiger partial charge in [-0.1, -0.05) is 0 Å². The molecule has 0 aromatic carbocycles. The quantitative estimate of drug-likeness (QED) is 0.271. The van der Waals surface area contributed by atoms with Crippen molar-refractivity contribution < 1.29 is 29.4 Å². The molecular weight excluding hydrogens is 248 g/mol. The summed E-state index contributed by atoms with van der Waals surface area (Å²) in [5.41, 5.74) is 14.3. The van der Waals surface area contributed by atoms with Crippen LogP contribution >= 0.6 is 0 Å². The highest BCUT2D eigenvalue weighted by molar-refractivity contribution is 5.83. The van der Waals surface area contributed by atoms with E-state index < -0.39 is 29.8 Å². The van der Waals surface area contributed by atoms with E-state index in [4.69, 9.17) is 15.9 Å². The Balaban J connectivity index is 0. The molecule has 0 aliphatic carbocycles. The fourth-order valence-corrected chi connectivity index (χ4v) is 0.597. The molecule has 0 aromatic rings. The van der Waals surface area contributed by atoms with E-state index in [1.165, 1.54) is 0 Å². The average molecular weight is 264 g/mol. The number of hydrogen-bond donors (Lipinski definition) is 6. The third-order valence-electron chi connectivity index (χ3n) is 1.31. The summed E-state index contributed by atoms with van der Waals surface area (Å²) in [6.45, 7) is -0.324. The molecule has 0 spiro atoms. The minimum absolute atomic E-state index is 0.0910. The van der Waals surface area contributed by atoms with Gasteiger partial charge in [-0.2, -0.15) is 0 Å². The van der Waals surface area contributed by atoms with Crippen LogP contribution in [0.5, 0.6) is 0 Å². The molecule has 0 bridgehead atoms. The summed E-state index contributed by atoms with van der Waals surface area (Å²) in [7, 11) is 0. The van der Waals surface area contributed by atoms with Crippen molar-refractivity contribution in [1.29, 1.82) is 0 Å². The minimum Gasteiger partial charge on any atom is -0.480 e. The number of nitrogens with two attached hydrogens (primary N) is 3. The molecule has 0 saturated carbocycles.